The predicted octanol–water partition coefficient (Wildman–Crippen LogP) is -2.01. The minimum absolute atomic E-state index is 0.284. The van der Waals surface area contributed by atoms with Crippen molar-refractivity contribution in [2.24, 2.45) is 0 Å². The average Bonchev–Trinajstić information content (AvgIpc) is 2.77. The Balaban J connectivity index is 2.00. The zero-order valence-electron chi connectivity index (χ0n) is 17.9. The van der Waals surface area contributed by atoms with Crippen molar-refractivity contribution in [3.63, 3.8) is 0 Å². The molecule has 2 aliphatic heterocycles. The molecule has 0 unspecified atom stereocenters. The van der Waals surface area contributed by atoms with Crippen molar-refractivity contribution >= 4 is 0 Å². The second-order valence-electron chi connectivity index (χ2n) is 8.14. The molecular weight excluding hydrogens is 416 g/mol. The first-order valence-electron chi connectivity index (χ1n) is 11.1. The van der Waals surface area contributed by atoms with Gasteiger partial charge in [-0.1, -0.05) is 39.0 Å². The topological polar surface area (TPSA) is 179 Å². The molecule has 0 aromatic carbocycles. The number of hydrogen-bond acceptors (Lipinski definition) is 11. The van der Waals surface area contributed by atoms with Crippen LogP contribution in [0.4, 0.5) is 0 Å². The molecule has 10 atom stereocenters. The second kappa shape index (κ2) is 13.3. The summed E-state index contributed by atoms with van der Waals surface area (Å²) in [6.07, 6.45) is -8.07. The van der Waals surface area contributed by atoms with Crippen LogP contribution in [0.2, 0.25) is 0 Å². The van der Waals surface area contributed by atoms with E-state index in [-0.39, 0.29) is 6.61 Å². The number of rotatable bonds is 12. The number of unbranched alkanes of at least 4 members (excludes halogenated alkanes) is 5. The molecule has 2 fully saturated rings. The molecule has 2 rings (SSSR count). The fourth-order valence-electron chi connectivity index (χ4n) is 3.75. The molecular formula is C20H38O11. The third-order valence-corrected chi connectivity index (χ3v) is 5.74. The molecule has 0 aromatic rings. The van der Waals surface area contributed by atoms with E-state index >= 15 is 0 Å². The van der Waals surface area contributed by atoms with Crippen molar-refractivity contribution in [3.8, 4) is 0 Å². The highest BCUT2D eigenvalue weighted by Gasteiger charge is 2.50. The minimum Gasteiger partial charge on any atom is -0.394 e. The van der Waals surface area contributed by atoms with Crippen LogP contribution in [0.25, 0.3) is 0 Å². The molecule has 2 saturated heterocycles. The Kier molecular flexibility index (Phi) is 11.5. The lowest BCUT2D eigenvalue weighted by molar-refractivity contribution is -0.367. The van der Waals surface area contributed by atoms with Gasteiger partial charge in [-0.25, -0.2) is 0 Å². The van der Waals surface area contributed by atoms with Gasteiger partial charge in [0.05, 0.1) is 13.2 Å². The van der Waals surface area contributed by atoms with E-state index < -0.39 is 74.6 Å². The minimum atomic E-state index is -1.68. The zero-order chi connectivity index (χ0) is 23.0. The van der Waals surface area contributed by atoms with E-state index in [1.54, 1.807) is 0 Å². The van der Waals surface area contributed by atoms with Crippen molar-refractivity contribution in [3.05, 3.63) is 0 Å². The number of aliphatic hydroxyl groups excluding tert-OH is 7. The van der Waals surface area contributed by atoms with E-state index in [1.807, 2.05) is 0 Å². The van der Waals surface area contributed by atoms with Gasteiger partial charge in [0.25, 0.3) is 0 Å². The molecule has 0 aliphatic carbocycles. The van der Waals surface area contributed by atoms with Crippen molar-refractivity contribution in [1.29, 1.82) is 0 Å². The number of aliphatic hydroxyl groups is 7. The molecule has 0 saturated carbocycles. The Morgan fingerprint density at radius 1 is 0.645 bits per heavy atom. The van der Waals surface area contributed by atoms with E-state index in [0.717, 1.165) is 32.1 Å². The fraction of sp³-hybridized carbons (Fsp3) is 1.00. The zero-order valence-corrected chi connectivity index (χ0v) is 17.9. The smallest absolute Gasteiger partial charge is 0.187 e. The summed E-state index contributed by atoms with van der Waals surface area (Å²) >= 11 is 0. The Morgan fingerprint density at radius 3 is 1.81 bits per heavy atom. The maximum Gasteiger partial charge on any atom is 0.187 e. The van der Waals surface area contributed by atoms with E-state index in [1.165, 1.54) is 6.42 Å². The first-order chi connectivity index (χ1) is 14.8. The van der Waals surface area contributed by atoms with Crippen LogP contribution in [-0.2, 0) is 18.9 Å². The van der Waals surface area contributed by atoms with E-state index in [2.05, 4.69) is 6.92 Å². The Bertz CT molecular complexity index is 494. The molecule has 11 nitrogen and oxygen atoms in total. The lowest BCUT2D eigenvalue weighted by Crippen LogP contribution is -2.64. The van der Waals surface area contributed by atoms with Crippen LogP contribution in [0.3, 0.4) is 0 Å². The molecule has 0 radical (unpaired) electrons. The van der Waals surface area contributed by atoms with Crippen LogP contribution in [0, 0.1) is 0 Å². The highest BCUT2D eigenvalue weighted by Crippen LogP contribution is 2.29. The predicted molar refractivity (Wildman–Crippen MR) is 106 cm³/mol. The summed E-state index contributed by atoms with van der Waals surface area (Å²) in [5.74, 6) is 0. The molecule has 2 heterocycles. The van der Waals surface area contributed by atoms with Gasteiger partial charge in [0.15, 0.2) is 12.6 Å². The van der Waals surface area contributed by atoms with E-state index in [4.69, 9.17) is 18.9 Å². The maximum atomic E-state index is 10.5. The largest absolute Gasteiger partial charge is 0.394 e. The molecule has 11 heteroatoms. The molecule has 31 heavy (non-hydrogen) atoms. The standard InChI is InChI=1S/C20H38O11/c1-2-3-4-5-6-7-8-28-20-18(16(26)14(24)12(10-22)30-20)31-19-17(27)15(25)13(23)11(9-21)29-19/h11-27H,2-10H2,1H3/t11-,12-,13-,14-,15+,16+,17+,18+,19-,20+/m1/s1. The monoisotopic (exact) mass is 454 g/mol. The highest BCUT2D eigenvalue weighted by atomic mass is 16.8. The van der Waals surface area contributed by atoms with E-state index in [0.29, 0.717) is 0 Å². The van der Waals surface area contributed by atoms with Crippen LogP contribution in [0.15, 0.2) is 0 Å². The molecule has 7 N–H and O–H groups in total. The fourth-order valence-corrected chi connectivity index (χ4v) is 3.75. The normalized spacial score (nSPS) is 41.4. The Morgan fingerprint density at radius 2 is 1.19 bits per heavy atom. The van der Waals surface area contributed by atoms with Crippen LogP contribution >= 0.6 is 0 Å². The van der Waals surface area contributed by atoms with Gasteiger partial charge < -0.3 is 54.7 Å². The van der Waals surface area contributed by atoms with Crippen molar-refractivity contribution < 1.29 is 54.7 Å². The van der Waals surface area contributed by atoms with Gasteiger partial charge in [-0.15, -0.1) is 0 Å². The van der Waals surface area contributed by atoms with E-state index in [9.17, 15) is 35.7 Å². The summed E-state index contributed by atoms with van der Waals surface area (Å²) in [5.41, 5.74) is 0. The van der Waals surface area contributed by atoms with Crippen molar-refractivity contribution in [1.82, 2.24) is 0 Å². The third-order valence-electron chi connectivity index (χ3n) is 5.74. The molecule has 0 spiro atoms. The summed E-state index contributed by atoms with van der Waals surface area (Å²) in [7, 11) is 0. The summed E-state index contributed by atoms with van der Waals surface area (Å²) in [6.45, 7) is 1.23. The van der Waals surface area contributed by atoms with Gasteiger partial charge in [0, 0.05) is 6.61 Å². The third kappa shape index (κ3) is 7.02. The van der Waals surface area contributed by atoms with Crippen LogP contribution in [0.5, 0.6) is 0 Å². The van der Waals surface area contributed by atoms with Gasteiger partial charge in [0.1, 0.15) is 48.8 Å². The van der Waals surface area contributed by atoms with Crippen LogP contribution in [0.1, 0.15) is 45.4 Å². The lowest BCUT2D eigenvalue weighted by atomic mass is 9.97. The quantitative estimate of drug-likeness (QED) is 0.162. The molecule has 0 aromatic heterocycles. The summed E-state index contributed by atoms with van der Waals surface area (Å²) < 4.78 is 22.2. The maximum absolute atomic E-state index is 10.5. The number of ether oxygens (including phenoxy) is 4. The van der Waals surface area contributed by atoms with Crippen LogP contribution in [-0.4, -0.2) is 117 Å². The van der Waals surface area contributed by atoms with Crippen molar-refractivity contribution in [2.45, 2.75) is 107 Å². The summed E-state index contributed by atoms with van der Waals surface area (Å²) in [5, 5.41) is 69.5. The van der Waals surface area contributed by atoms with Crippen molar-refractivity contribution in [2.75, 3.05) is 19.8 Å². The van der Waals surface area contributed by atoms with Gasteiger partial charge in [0.2, 0.25) is 0 Å². The summed E-state index contributed by atoms with van der Waals surface area (Å²) in [4.78, 5) is 0. The van der Waals surface area contributed by atoms with Gasteiger partial charge in [-0.2, -0.15) is 0 Å². The van der Waals surface area contributed by atoms with Gasteiger partial charge in [-0.05, 0) is 6.42 Å². The molecule has 0 amide bonds. The molecule has 184 valence electrons. The van der Waals surface area contributed by atoms with Crippen LogP contribution < -0.4 is 0 Å². The first-order valence-corrected chi connectivity index (χ1v) is 11.1. The highest BCUT2D eigenvalue weighted by molar-refractivity contribution is 4.93. The average molecular weight is 455 g/mol. The Labute approximate surface area is 182 Å². The molecule has 2 aliphatic rings. The summed E-state index contributed by atoms with van der Waals surface area (Å²) in [6, 6.07) is 0. The first kappa shape index (κ1) is 26.8. The SMILES string of the molecule is CCCCCCCCO[C@H]1O[C@H](CO)[C@@H](O)[C@H](O)[C@@H]1O[C@H]1O[C@H](CO)[C@@H](O)[C@H](O)[C@@H]1O. The Hall–Kier alpha value is -0.440. The van der Waals surface area contributed by atoms with Gasteiger partial charge >= 0.3 is 0 Å². The second-order valence-corrected chi connectivity index (χ2v) is 8.14. The molecule has 0 bridgehead atoms. The lowest BCUT2D eigenvalue weighted by Gasteiger charge is -2.45. The number of hydrogen-bond donors (Lipinski definition) is 7. The van der Waals surface area contributed by atoms with Gasteiger partial charge in [-0.3, -0.25) is 0 Å².